The Labute approximate surface area is 120 Å². The number of fused-ring (bicyclic) bond motifs is 1. The summed E-state index contributed by atoms with van der Waals surface area (Å²) in [6.45, 7) is 1.60. The molecule has 1 aliphatic rings. The maximum Gasteiger partial charge on any atom is 0.279 e. The van der Waals surface area contributed by atoms with Gasteiger partial charge in [0.1, 0.15) is 12.4 Å². The Morgan fingerprint density at radius 3 is 2.90 bits per heavy atom. The fourth-order valence-corrected chi connectivity index (χ4v) is 3.23. The van der Waals surface area contributed by atoms with Crippen molar-refractivity contribution >= 4 is 10.2 Å². The van der Waals surface area contributed by atoms with E-state index in [4.69, 9.17) is 4.74 Å². The van der Waals surface area contributed by atoms with Gasteiger partial charge in [0.15, 0.2) is 0 Å². The van der Waals surface area contributed by atoms with Gasteiger partial charge < -0.3 is 10.1 Å². The largest absolute Gasteiger partial charge is 0.491 e. The summed E-state index contributed by atoms with van der Waals surface area (Å²) < 4.78 is 34.0. The summed E-state index contributed by atoms with van der Waals surface area (Å²) in [6.07, 6.45) is 0.770. The molecule has 0 spiro atoms. The van der Waals surface area contributed by atoms with E-state index in [1.54, 1.807) is 7.05 Å². The van der Waals surface area contributed by atoms with Crippen LogP contribution in [0.15, 0.2) is 24.3 Å². The van der Waals surface area contributed by atoms with E-state index in [2.05, 4.69) is 10.0 Å². The molecule has 0 bridgehead atoms. The summed E-state index contributed by atoms with van der Waals surface area (Å²) in [6, 6.07) is 7.17. The van der Waals surface area contributed by atoms with Gasteiger partial charge in [0.25, 0.3) is 10.2 Å². The number of rotatable bonds is 7. The Hall–Kier alpha value is -1.15. The molecule has 0 saturated carbocycles. The minimum Gasteiger partial charge on any atom is -0.491 e. The van der Waals surface area contributed by atoms with Gasteiger partial charge in [-0.15, -0.1) is 0 Å². The van der Waals surface area contributed by atoms with E-state index in [1.807, 2.05) is 31.3 Å². The molecule has 1 atom stereocenters. The molecule has 0 fully saturated rings. The highest BCUT2D eigenvalue weighted by Crippen LogP contribution is 2.32. The van der Waals surface area contributed by atoms with Gasteiger partial charge in [0.2, 0.25) is 0 Å². The third-order valence-electron chi connectivity index (χ3n) is 3.30. The van der Waals surface area contributed by atoms with Crippen molar-refractivity contribution in [3.63, 3.8) is 0 Å². The number of nitrogens with zero attached hydrogens (tertiary/aromatic N) is 1. The highest BCUT2D eigenvalue weighted by Gasteiger charge is 2.29. The second-order valence-corrected chi connectivity index (χ2v) is 6.61. The molecule has 7 heteroatoms. The molecule has 2 rings (SSSR count). The van der Waals surface area contributed by atoms with Crippen LogP contribution in [0.1, 0.15) is 18.0 Å². The van der Waals surface area contributed by atoms with Crippen LogP contribution in [-0.2, 0) is 10.2 Å². The molecule has 0 saturated heterocycles. The number of ether oxygens (including phenoxy) is 1. The van der Waals surface area contributed by atoms with Crippen molar-refractivity contribution in [1.29, 1.82) is 0 Å². The zero-order chi connectivity index (χ0) is 14.6. The van der Waals surface area contributed by atoms with Crippen LogP contribution in [0.2, 0.25) is 0 Å². The van der Waals surface area contributed by atoms with E-state index in [9.17, 15) is 8.42 Å². The fraction of sp³-hybridized carbons (Fsp3) is 0.538. The Kier molecular flexibility index (Phi) is 4.98. The topological polar surface area (TPSA) is 70.7 Å². The predicted molar refractivity (Wildman–Crippen MR) is 77.9 cm³/mol. The van der Waals surface area contributed by atoms with Crippen molar-refractivity contribution in [2.24, 2.45) is 0 Å². The monoisotopic (exact) mass is 299 g/mol. The number of nitrogens with one attached hydrogen (secondary N) is 2. The molecule has 0 radical (unpaired) electrons. The molecule has 6 nitrogen and oxygen atoms in total. The van der Waals surface area contributed by atoms with Crippen LogP contribution in [-0.4, -0.2) is 46.5 Å². The van der Waals surface area contributed by atoms with Crippen LogP contribution in [0, 0.1) is 0 Å². The van der Waals surface area contributed by atoms with E-state index >= 15 is 0 Å². The zero-order valence-corrected chi connectivity index (χ0v) is 12.6. The lowest BCUT2D eigenvalue weighted by molar-refractivity contribution is 0.321. The smallest absolute Gasteiger partial charge is 0.279 e. The minimum absolute atomic E-state index is 0.317. The summed E-state index contributed by atoms with van der Waals surface area (Å²) in [4.78, 5) is 0. The van der Waals surface area contributed by atoms with Crippen LogP contribution >= 0.6 is 0 Å². The van der Waals surface area contributed by atoms with E-state index in [1.165, 1.54) is 4.31 Å². The first-order chi connectivity index (χ1) is 9.54. The molecule has 0 amide bonds. The summed E-state index contributed by atoms with van der Waals surface area (Å²) in [5.41, 5.74) is 0.889. The third-order valence-corrected chi connectivity index (χ3v) is 4.89. The molecule has 20 heavy (non-hydrogen) atoms. The quantitative estimate of drug-likeness (QED) is 0.719. The Morgan fingerprint density at radius 2 is 2.15 bits per heavy atom. The number of benzene rings is 1. The Balaban J connectivity index is 1.99. The first-order valence-corrected chi connectivity index (χ1v) is 8.08. The molecule has 112 valence electrons. The minimum atomic E-state index is -3.49. The van der Waals surface area contributed by atoms with E-state index in [0.29, 0.717) is 13.2 Å². The van der Waals surface area contributed by atoms with Crippen molar-refractivity contribution in [1.82, 2.24) is 14.3 Å². The molecule has 1 aromatic carbocycles. The SMILES string of the molecule is CNCCCN(C)S(=O)(=O)NC1COc2ccccc21. The number of para-hydroxylation sites is 1. The highest BCUT2D eigenvalue weighted by atomic mass is 32.2. The third kappa shape index (κ3) is 3.49. The molecular weight excluding hydrogens is 278 g/mol. The first-order valence-electron chi connectivity index (χ1n) is 6.64. The number of hydrogen-bond donors (Lipinski definition) is 2. The summed E-state index contributed by atoms with van der Waals surface area (Å²) >= 11 is 0. The summed E-state index contributed by atoms with van der Waals surface area (Å²) in [7, 11) is -0.0615. The van der Waals surface area contributed by atoms with Gasteiger partial charge >= 0.3 is 0 Å². The second kappa shape index (κ2) is 6.53. The van der Waals surface area contributed by atoms with Gasteiger partial charge in [-0.1, -0.05) is 18.2 Å². The lowest BCUT2D eigenvalue weighted by atomic mass is 10.1. The lowest BCUT2D eigenvalue weighted by Gasteiger charge is -2.20. The molecule has 1 aliphatic heterocycles. The van der Waals surface area contributed by atoms with Crippen LogP contribution < -0.4 is 14.8 Å². The highest BCUT2D eigenvalue weighted by molar-refractivity contribution is 7.87. The van der Waals surface area contributed by atoms with Gasteiger partial charge in [-0.2, -0.15) is 17.4 Å². The van der Waals surface area contributed by atoms with Crippen molar-refractivity contribution < 1.29 is 13.2 Å². The Morgan fingerprint density at radius 1 is 1.40 bits per heavy atom. The molecular formula is C13H21N3O3S. The fourth-order valence-electron chi connectivity index (χ4n) is 2.13. The summed E-state index contributed by atoms with van der Waals surface area (Å²) in [5, 5.41) is 3.00. The van der Waals surface area contributed by atoms with Crippen molar-refractivity contribution in [2.45, 2.75) is 12.5 Å². The maximum absolute atomic E-state index is 12.2. The summed E-state index contributed by atoms with van der Waals surface area (Å²) in [5.74, 6) is 0.748. The lowest BCUT2D eigenvalue weighted by Crippen LogP contribution is -2.41. The zero-order valence-electron chi connectivity index (χ0n) is 11.8. The van der Waals surface area contributed by atoms with Crippen molar-refractivity contribution in [3.8, 4) is 5.75 Å². The predicted octanol–water partition coefficient (Wildman–Crippen LogP) is 0.496. The second-order valence-electron chi connectivity index (χ2n) is 4.80. The maximum atomic E-state index is 12.2. The average molecular weight is 299 g/mol. The van der Waals surface area contributed by atoms with Gasteiger partial charge in [0, 0.05) is 19.2 Å². The van der Waals surface area contributed by atoms with E-state index in [-0.39, 0.29) is 6.04 Å². The molecule has 2 N–H and O–H groups in total. The van der Waals surface area contributed by atoms with Gasteiger partial charge in [-0.25, -0.2) is 0 Å². The van der Waals surface area contributed by atoms with Crippen LogP contribution in [0.3, 0.4) is 0 Å². The Bertz CT molecular complexity index is 548. The first kappa shape index (κ1) is 15.2. The van der Waals surface area contributed by atoms with Crippen molar-refractivity contribution in [3.05, 3.63) is 29.8 Å². The standard InChI is InChI=1S/C13H21N3O3S/c1-14-8-5-9-16(2)20(17,18)15-12-10-19-13-7-4-3-6-11(12)13/h3-4,6-7,12,14-15H,5,8-10H2,1-2H3. The normalized spacial score (nSPS) is 18.1. The van der Waals surface area contributed by atoms with E-state index < -0.39 is 10.2 Å². The molecule has 1 heterocycles. The van der Waals surface area contributed by atoms with Gasteiger partial charge in [-0.05, 0) is 26.1 Å². The molecule has 1 aromatic rings. The van der Waals surface area contributed by atoms with Gasteiger partial charge in [0.05, 0.1) is 6.04 Å². The van der Waals surface area contributed by atoms with Crippen LogP contribution in [0.5, 0.6) is 5.75 Å². The van der Waals surface area contributed by atoms with Crippen LogP contribution in [0.4, 0.5) is 0 Å². The molecule has 1 unspecified atom stereocenters. The van der Waals surface area contributed by atoms with Gasteiger partial charge in [-0.3, -0.25) is 0 Å². The van der Waals surface area contributed by atoms with E-state index in [0.717, 1.165) is 24.3 Å². The molecule has 0 aliphatic carbocycles. The van der Waals surface area contributed by atoms with Crippen LogP contribution in [0.25, 0.3) is 0 Å². The average Bonchev–Trinajstić information content (AvgIpc) is 2.82. The number of hydrogen-bond acceptors (Lipinski definition) is 4. The van der Waals surface area contributed by atoms with Crippen molar-refractivity contribution in [2.75, 3.05) is 33.8 Å². The molecule has 0 aromatic heterocycles.